The Kier molecular flexibility index (Phi) is 4.11. The van der Waals surface area contributed by atoms with Gasteiger partial charge in [0.1, 0.15) is 11.5 Å². The molecule has 0 amide bonds. The number of ether oxygens (including phenoxy) is 1. The lowest BCUT2D eigenvalue weighted by molar-refractivity contribution is -0.126. The molecule has 0 heterocycles. The maximum absolute atomic E-state index is 12.1. The summed E-state index contributed by atoms with van der Waals surface area (Å²) in [4.78, 5) is 12.1. The van der Waals surface area contributed by atoms with Crippen LogP contribution in [-0.4, -0.2) is 12.9 Å². The monoisotopic (exact) mass is 220 g/mol. The second-order valence-electron chi connectivity index (χ2n) is 4.65. The summed E-state index contributed by atoms with van der Waals surface area (Å²) in [5, 5.41) is 0. The molecule has 0 N–H and O–H groups in total. The van der Waals surface area contributed by atoms with Crippen LogP contribution in [-0.2, 0) is 11.2 Å². The van der Waals surface area contributed by atoms with Gasteiger partial charge in [0.2, 0.25) is 0 Å². The molecule has 0 atom stereocenters. The highest BCUT2D eigenvalue weighted by Gasteiger charge is 2.25. The lowest BCUT2D eigenvalue weighted by Crippen LogP contribution is -2.25. The van der Waals surface area contributed by atoms with Crippen LogP contribution < -0.4 is 4.74 Å². The molecule has 0 spiro atoms. The van der Waals surface area contributed by atoms with E-state index in [0.717, 1.165) is 17.7 Å². The first kappa shape index (κ1) is 12.8. The number of methoxy groups -OCH3 is 1. The molecule has 0 aliphatic rings. The Labute approximate surface area is 97.6 Å². The zero-order chi connectivity index (χ0) is 12.2. The number of para-hydroxylation sites is 1. The molecule has 0 saturated carbocycles. The first-order valence-electron chi connectivity index (χ1n) is 5.66. The third kappa shape index (κ3) is 2.84. The van der Waals surface area contributed by atoms with Crippen molar-refractivity contribution >= 4 is 5.78 Å². The summed E-state index contributed by atoms with van der Waals surface area (Å²) in [7, 11) is 1.63. The SMILES string of the molecule is CCC(C)(C)C(=O)Cc1ccccc1OC. The standard InChI is InChI=1S/C14H20O2/c1-5-14(2,3)13(15)10-11-8-6-7-9-12(11)16-4/h6-9H,5,10H2,1-4H3. The normalized spacial score (nSPS) is 11.2. The van der Waals surface area contributed by atoms with Gasteiger partial charge in [0.25, 0.3) is 0 Å². The van der Waals surface area contributed by atoms with E-state index >= 15 is 0 Å². The van der Waals surface area contributed by atoms with Gasteiger partial charge in [-0.15, -0.1) is 0 Å². The molecule has 0 aliphatic heterocycles. The zero-order valence-electron chi connectivity index (χ0n) is 10.5. The fourth-order valence-corrected chi connectivity index (χ4v) is 1.46. The molecule has 1 aromatic carbocycles. The van der Waals surface area contributed by atoms with E-state index in [1.54, 1.807) is 7.11 Å². The van der Waals surface area contributed by atoms with Gasteiger partial charge in [-0.05, 0) is 12.5 Å². The van der Waals surface area contributed by atoms with Crippen LogP contribution in [0.3, 0.4) is 0 Å². The van der Waals surface area contributed by atoms with Crippen molar-refractivity contribution in [3.63, 3.8) is 0 Å². The molecule has 0 fully saturated rings. The highest BCUT2D eigenvalue weighted by atomic mass is 16.5. The number of carbonyl (C=O) groups is 1. The number of carbonyl (C=O) groups excluding carboxylic acids is 1. The highest BCUT2D eigenvalue weighted by Crippen LogP contribution is 2.26. The van der Waals surface area contributed by atoms with Gasteiger partial charge < -0.3 is 4.74 Å². The van der Waals surface area contributed by atoms with Crippen LogP contribution in [0.4, 0.5) is 0 Å². The van der Waals surface area contributed by atoms with Gasteiger partial charge in [0.05, 0.1) is 7.11 Å². The van der Waals surface area contributed by atoms with Crippen LogP contribution in [0.15, 0.2) is 24.3 Å². The summed E-state index contributed by atoms with van der Waals surface area (Å²) in [5.41, 5.74) is 0.720. The largest absolute Gasteiger partial charge is 0.496 e. The van der Waals surface area contributed by atoms with Gasteiger partial charge in [-0.3, -0.25) is 4.79 Å². The molecular weight excluding hydrogens is 200 g/mol. The van der Waals surface area contributed by atoms with Crippen LogP contribution >= 0.6 is 0 Å². The fraction of sp³-hybridized carbons (Fsp3) is 0.500. The molecule has 16 heavy (non-hydrogen) atoms. The summed E-state index contributed by atoms with van der Waals surface area (Å²) in [6.45, 7) is 6.02. The number of hydrogen-bond donors (Lipinski definition) is 0. The van der Waals surface area contributed by atoms with E-state index in [1.807, 2.05) is 45.0 Å². The smallest absolute Gasteiger partial charge is 0.142 e. The number of hydrogen-bond acceptors (Lipinski definition) is 2. The first-order chi connectivity index (χ1) is 7.51. The maximum Gasteiger partial charge on any atom is 0.142 e. The third-order valence-electron chi connectivity index (χ3n) is 3.18. The average Bonchev–Trinajstić information content (AvgIpc) is 2.29. The summed E-state index contributed by atoms with van der Waals surface area (Å²) >= 11 is 0. The molecule has 1 rings (SSSR count). The van der Waals surface area contributed by atoms with Gasteiger partial charge in [-0.25, -0.2) is 0 Å². The molecule has 88 valence electrons. The minimum Gasteiger partial charge on any atom is -0.496 e. The van der Waals surface area contributed by atoms with Crippen molar-refractivity contribution in [2.24, 2.45) is 5.41 Å². The average molecular weight is 220 g/mol. The molecule has 2 nitrogen and oxygen atoms in total. The summed E-state index contributed by atoms with van der Waals surface area (Å²) in [6, 6.07) is 7.69. The zero-order valence-corrected chi connectivity index (χ0v) is 10.5. The Morgan fingerprint density at radius 3 is 2.50 bits per heavy atom. The summed E-state index contributed by atoms with van der Waals surface area (Å²) in [6.07, 6.45) is 1.31. The predicted octanol–water partition coefficient (Wildman–Crippen LogP) is 3.24. The molecule has 0 saturated heterocycles. The van der Waals surface area contributed by atoms with Crippen LogP contribution in [0.25, 0.3) is 0 Å². The molecule has 0 aromatic heterocycles. The maximum atomic E-state index is 12.1. The van der Waals surface area contributed by atoms with E-state index in [4.69, 9.17) is 4.74 Å². The molecule has 0 bridgehead atoms. The fourth-order valence-electron chi connectivity index (χ4n) is 1.46. The van der Waals surface area contributed by atoms with Gasteiger partial charge >= 0.3 is 0 Å². The van der Waals surface area contributed by atoms with Crippen molar-refractivity contribution in [1.82, 2.24) is 0 Å². The number of benzene rings is 1. The van der Waals surface area contributed by atoms with E-state index < -0.39 is 0 Å². The minimum absolute atomic E-state index is 0.249. The van der Waals surface area contributed by atoms with Crippen molar-refractivity contribution in [2.45, 2.75) is 33.6 Å². The lowest BCUT2D eigenvalue weighted by atomic mass is 9.82. The molecule has 1 aromatic rings. The number of Topliss-reactive ketones (excluding diaryl/α,β-unsaturated/α-hetero) is 1. The Balaban J connectivity index is 2.85. The lowest BCUT2D eigenvalue weighted by Gasteiger charge is -2.21. The number of rotatable bonds is 5. The van der Waals surface area contributed by atoms with Gasteiger partial charge in [-0.1, -0.05) is 39.0 Å². The molecule has 0 unspecified atom stereocenters. The van der Waals surface area contributed by atoms with Crippen LogP contribution in [0, 0.1) is 5.41 Å². The Hall–Kier alpha value is -1.31. The van der Waals surface area contributed by atoms with Crippen molar-refractivity contribution in [3.05, 3.63) is 29.8 Å². The first-order valence-corrected chi connectivity index (χ1v) is 5.66. The van der Waals surface area contributed by atoms with E-state index in [9.17, 15) is 4.79 Å². The Morgan fingerprint density at radius 1 is 1.31 bits per heavy atom. The molecule has 2 heteroatoms. The van der Waals surface area contributed by atoms with Crippen molar-refractivity contribution in [1.29, 1.82) is 0 Å². The molecule has 0 radical (unpaired) electrons. The summed E-state index contributed by atoms with van der Waals surface area (Å²) in [5.74, 6) is 1.06. The van der Waals surface area contributed by atoms with Crippen molar-refractivity contribution in [3.8, 4) is 5.75 Å². The Morgan fingerprint density at radius 2 is 1.94 bits per heavy atom. The van der Waals surface area contributed by atoms with Crippen LogP contribution in [0.5, 0.6) is 5.75 Å². The second kappa shape index (κ2) is 5.15. The van der Waals surface area contributed by atoms with Crippen LogP contribution in [0.2, 0.25) is 0 Å². The Bertz CT molecular complexity index is 367. The predicted molar refractivity (Wildman–Crippen MR) is 65.8 cm³/mol. The topological polar surface area (TPSA) is 26.3 Å². The second-order valence-corrected chi connectivity index (χ2v) is 4.65. The van der Waals surface area contributed by atoms with Gasteiger partial charge in [-0.2, -0.15) is 0 Å². The molecule has 0 aliphatic carbocycles. The highest BCUT2D eigenvalue weighted by molar-refractivity contribution is 5.86. The van der Waals surface area contributed by atoms with Crippen molar-refractivity contribution < 1.29 is 9.53 Å². The van der Waals surface area contributed by atoms with Gasteiger partial charge in [0.15, 0.2) is 0 Å². The van der Waals surface area contributed by atoms with E-state index in [-0.39, 0.29) is 11.2 Å². The van der Waals surface area contributed by atoms with E-state index in [0.29, 0.717) is 6.42 Å². The third-order valence-corrected chi connectivity index (χ3v) is 3.18. The summed E-state index contributed by atoms with van der Waals surface area (Å²) < 4.78 is 5.24. The van der Waals surface area contributed by atoms with Crippen molar-refractivity contribution in [2.75, 3.05) is 7.11 Å². The van der Waals surface area contributed by atoms with Gasteiger partial charge in [0, 0.05) is 17.4 Å². The molecular formula is C14H20O2. The quantitative estimate of drug-likeness (QED) is 0.761. The minimum atomic E-state index is -0.249. The number of ketones is 1. The van der Waals surface area contributed by atoms with E-state index in [2.05, 4.69) is 0 Å². The van der Waals surface area contributed by atoms with Crippen LogP contribution in [0.1, 0.15) is 32.8 Å². The van der Waals surface area contributed by atoms with E-state index in [1.165, 1.54) is 0 Å².